The highest BCUT2D eigenvalue weighted by atomic mass is 16.5. The van der Waals surface area contributed by atoms with Crippen LogP contribution in [0, 0.1) is 24.7 Å². The molecule has 36 heavy (non-hydrogen) atoms. The van der Waals surface area contributed by atoms with Crippen molar-refractivity contribution in [2.45, 2.75) is 82.8 Å². The quantitative estimate of drug-likeness (QED) is 0.399. The number of ether oxygens (including phenoxy) is 1. The second-order valence-corrected chi connectivity index (χ2v) is 10.7. The van der Waals surface area contributed by atoms with E-state index in [2.05, 4.69) is 78.3 Å². The fraction of sp³-hybridized carbons (Fsp3) is 0.424. The molecule has 1 N–H and O–H groups in total. The Morgan fingerprint density at radius 3 is 2.75 bits per heavy atom. The van der Waals surface area contributed by atoms with Crippen molar-refractivity contribution in [3.8, 4) is 17.6 Å². The number of nitrogens with zero attached hydrogens (tertiary/aromatic N) is 1. The van der Waals surface area contributed by atoms with Gasteiger partial charge in [0.1, 0.15) is 18.0 Å². The first-order chi connectivity index (χ1) is 17.5. The smallest absolute Gasteiger partial charge is 0.125 e. The maximum atomic E-state index is 11.4. The number of pyridine rings is 1. The summed E-state index contributed by atoms with van der Waals surface area (Å²) >= 11 is 0. The summed E-state index contributed by atoms with van der Waals surface area (Å²) in [5, 5.41) is 11.4. The Morgan fingerprint density at radius 1 is 1.08 bits per heavy atom. The Morgan fingerprint density at radius 2 is 1.94 bits per heavy atom. The maximum absolute atomic E-state index is 11.4. The highest BCUT2D eigenvalue weighted by molar-refractivity contribution is 5.45. The SMILES string of the molecule is CCCC#C[C@@]1(O)CC[C@@]2(Cc3ccccc3)c3ccc(OCc4cccnc4C)cc3CC[C@@H]2C1. The molecule has 0 saturated heterocycles. The van der Waals surface area contributed by atoms with Gasteiger partial charge in [0, 0.05) is 29.3 Å². The first-order valence-electron chi connectivity index (χ1n) is 13.4. The van der Waals surface area contributed by atoms with Gasteiger partial charge < -0.3 is 9.84 Å². The van der Waals surface area contributed by atoms with Gasteiger partial charge in [-0.3, -0.25) is 4.98 Å². The third-order valence-electron chi connectivity index (χ3n) is 8.29. The van der Waals surface area contributed by atoms with Gasteiger partial charge in [-0.2, -0.15) is 0 Å². The van der Waals surface area contributed by atoms with E-state index in [-0.39, 0.29) is 5.41 Å². The van der Waals surface area contributed by atoms with Crippen LogP contribution in [0.25, 0.3) is 0 Å². The lowest BCUT2D eigenvalue weighted by Gasteiger charge is -2.52. The molecule has 3 nitrogen and oxygen atoms in total. The Bertz CT molecular complexity index is 1260. The van der Waals surface area contributed by atoms with Crippen LogP contribution in [-0.2, 0) is 24.9 Å². The zero-order chi connectivity index (χ0) is 25.0. The minimum absolute atomic E-state index is 0.0199. The van der Waals surface area contributed by atoms with Gasteiger partial charge in [-0.15, -0.1) is 5.92 Å². The molecule has 2 aliphatic carbocycles. The highest BCUT2D eigenvalue weighted by Crippen LogP contribution is 2.54. The van der Waals surface area contributed by atoms with Crippen LogP contribution in [-0.4, -0.2) is 15.7 Å². The van der Waals surface area contributed by atoms with E-state index < -0.39 is 5.60 Å². The van der Waals surface area contributed by atoms with Crippen LogP contribution < -0.4 is 4.74 Å². The number of unbranched alkanes of at least 4 members (excludes halogenated alkanes) is 1. The van der Waals surface area contributed by atoms with E-state index in [0.717, 1.165) is 68.4 Å². The van der Waals surface area contributed by atoms with Crippen molar-refractivity contribution in [3.63, 3.8) is 0 Å². The first-order valence-corrected chi connectivity index (χ1v) is 13.4. The fourth-order valence-corrected chi connectivity index (χ4v) is 6.34. The summed E-state index contributed by atoms with van der Waals surface area (Å²) in [4.78, 5) is 4.38. The molecule has 0 amide bonds. The number of fused-ring (bicyclic) bond motifs is 3. The summed E-state index contributed by atoms with van der Waals surface area (Å²) in [6.07, 6.45) is 9.22. The number of aromatic nitrogens is 1. The van der Waals surface area contributed by atoms with Crippen LogP contribution in [0.15, 0.2) is 66.9 Å². The minimum Gasteiger partial charge on any atom is -0.489 e. The Balaban J connectivity index is 1.44. The number of rotatable bonds is 6. The van der Waals surface area contributed by atoms with Crippen LogP contribution in [0.3, 0.4) is 0 Å². The molecule has 186 valence electrons. The van der Waals surface area contributed by atoms with Gasteiger partial charge >= 0.3 is 0 Å². The van der Waals surface area contributed by atoms with Gasteiger partial charge in [0.05, 0.1) is 0 Å². The predicted octanol–water partition coefficient (Wildman–Crippen LogP) is 6.73. The van der Waals surface area contributed by atoms with E-state index in [1.54, 1.807) is 0 Å². The van der Waals surface area contributed by atoms with E-state index in [4.69, 9.17) is 4.74 Å². The molecule has 0 unspecified atom stereocenters. The normalized spacial score (nSPS) is 24.7. The second-order valence-electron chi connectivity index (χ2n) is 10.7. The fourth-order valence-electron chi connectivity index (χ4n) is 6.34. The van der Waals surface area contributed by atoms with Gasteiger partial charge in [-0.05, 0) is 92.7 Å². The number of hydrogen-bond acceptors (Lipinski definition) is 3. The zero-order valence-corrected chi connectivity index (χ0v) is 21.6. The monoisotopic (exact) mass is 479 g/mol. The molecule has 0 bridgehead atoms. The van der Waals surface area contributed by atoms with Crippen molar-refractivity contribution in [1.29, 1.82) is 0 Å². The molecule has 3 aromatic rings. The van der Waals surface area contributed by atoms with Crippen LogP contribution in [0.5, 0.6) is 5.75 Å². The first kappa shape index (κ1) is 24.6. The van der Waals surface area contributed by atoms with E-state index >= 15 is 0 Å². The molecule has 1 heterocycles. The third kappa shape index (κ3) is 5.06. The summed E-state index contributed by atoms with van der Waals surface area (Å²) in [6, 6.07) is 21.6. The molecule has 2 aliphatic rings. The Labute approximate surface area is 215 Å². The van der Waals surface area contributed by atoms with Crippen molar-refractivity contribution in [2.24, 2.45) is 5.92 Å². The molecule has 0 spiro atoms. The molecular weight excluding hydrogens is 442 g/mol. The van der Waals surface area contributed by atoms with Gasteiger partial charge in [-0.25, -0.2) is 0 Å². The summed E-state index contributed by atoms with van der Waals surface area (Å²) < 4.78 is 6.22. The van der Waals surface area contributed by atoms with Gasteiger partial charge in [0.15, 0.2) is 0 Å². The second kappa shape index (κ2) is 10.5. The average Bonchev–Trinajstić information content (AvgIpc) is 2.89. The topological polar surface area (TPSA) is 42.4 Å². The standard InChI is InChI=1S/C33H37NO2/c1-3-4-8-17-32(35)18-19-33(22-26-10-6-5-7-11-26)29(23-32)14-13-27-21-30(15-16-31(27)33)36-24-28-12-9-20-34-25(28)2/h5-7,9-12,15-16,20-21,29,35H,3-4,13-14,18-19,22-24H2,1-2H3/t29-,32-,33+/m1/s1. The highest BCUT2D eigenvalue weighted by Gasteiger charge is 2.51. The lowest BCUT2D eigenvalue weighted by Crippen LogP contribution is -2.50. The van der Waals surface area contributed by atoms with E-state index in [1.807, 2.05) is 19.2 Å². The molecular formula is C33H37NO2. The Hall–Kier alpha value is -3.09. The van der Waals surface area contributed by atoms with Crippen LogP contribution >= 0.6 is 0 Å². The van der Waals surface area contributed by atoms with E-state index in [9.17, 15) is 5.11 Å². The van der Waals surface area contributed by atoms with Crippen molar-refractivity contribution in [2.75, 3.05) is 0 Å². The summed E-state index contributed by atoms with van der Waals surface area (Å²) in [7, 11) is 0. The van der Waals surface area contributed by atoms with Crippen LogP contribution in [0.1, 0.15) is 73.4 Å². The third-order valence-corrected chi connectivity index (χ3v) is 8.29. The molecule has 3 heteroatoms. The summed E-state index contributed by atoms with van der Waals surface area (Å²) in [5.41, 5.74) is 5.49. The van der Waals surface area contributed by atoms with Crippen LogP contribution in [0.2, 0.25) is 0 Å². The largest absolute Gasteiger partial charge is 0.489 e. The maximum Gasteiger partial charge on any atom is 0.125 e. The lowest BCUT2D eigenvalue weighted by atomic mass is 9.52. The molecule has 5 rings (SSSR count). The summed E-state index contributed by atoms with van der Waals surface area (Å²) in [6.45, 7) is 4.69. The summed E-state index contributed by atoms with van der Waals surface area (Å²) in [5.74, 6) is 7.83. The van der Waals surface area contributed by atoms with E-state index in [0.29, 0.717) is 12.5 Å². The van der Waals surface area contributed by atoms with Crippen LogP contribution in [0.4, 0.5) is 0 Å². The molecule has 3 atom stereocenters. The van der Waals surface area contributed by atoms with Crippen molar-refractivity contribution in [1.82, 2.24) is 4.98 Å². The number of hydrogen-bond donors (Lipinski definition) is 1. The van der Waals surface area contributed by atoms with E-state index in [1.165, 1.54) is 16.7 Å². The molecule has 0 radical (unpaired) electrons. The number of benzene rings is 2. The van der Waals surface area contributed by atoms with Gasteiger partial charge in [-0.1, -0.05) is 55.3 Å². The molecule has 1 saturated carbocycles. The average molecular weight is 480 g/mol. The van der Waals surface area contributed by atoms with Crippen molar-refractivity contribution in [3.05, 3.63) is 94.8 Å². The molecule has 0 aliphatic heterocycles. The van der Waals surface area contributed by atoms with Crippen molar-refractivity contribution < 1.29 is 9.84 Å². The predicted molar refractivity (Wildman–Crippen MR) is 145 cm³/mol. The number of aliphatic hydroxyl groups is 1. The minimum atomic E-state index is -0.859. The molecule has 2 aromatic carbocycles. The lowest BCUT2D eigenvalue weighted by molar-refractivity contribution is -0.00808. The van der Waals surface area contributed by atoms with Gasteiger partial charge in [0.25, 0.3) is 0 Å². The zero-order valence-electron chi connectivity index (χ0n) is 21.6. The van der Waals surface area contributed by atoms with Gasteiger partial charge in [0.2, 0.25) is 0 Å². The Kier molecular flexibility index (Phi) is 7.17. The molecule has 1 aromatic heterocycles. The van der Waals surface area contributed by atoms with Crippen molar-refractivity contribution >= 4 is 0 Å². The molecule has 1 fully saturated rings. The number of aryl methyl sites for hydroxylation is 2.